The minimum absolute atomic E-state index is 0.167. The third-order valence-electron chi connectivity index (χ3n) is 2.93. The lowest BCUT2D eigenvalue weighted by Crippen LogP contribution is -2.13. The van der Waals surface area contributed by atoms with Gasteiger partial charge in [0.2, 0.25) is 0 Å². The van der Waals surface area contributed by atoms with Crippen molar-refractivity contribution < 1.29 is 9.72 Å². The third kappa shape index (κ3) is 4.32. The quantitative estimate of drug-likeness (QED) is 0.376. The van der Waals surface area contributed by atoms with Crippen LogP contribution in [0.4, 0.5) is 11.4 Å². The van der Waals surface area contributed by atoms with E-state index in [1.807, 2.05) is 0 Å². The van der Waals surface area contributed by atoms with E-state index in [1.54, 1.807) is 18.2 Å². The average molecular weight is 362 g/mol. The minimum Gasteiger partial charge on any atom is -0.321 e. The van der Waals surface area contributed by atoms with Gasteiger partial charge >= 0.3 is 0 Å². The molecule has 0 unspecified atom stereocenters. The van der Waals surface area contributed by atoms with Crippen molar-refractivity contribution in [2.24, 2.45) is 0 Å². The van der Waals surface area contributed by atoms with Crippen LogP contribution in [-0.4, -0.2) is 10.8 Å². The Morgan fingerprint density at radius 3 is 2.58 bits per heavy atom. The smallest absolute Gasteiger partial charge is 0.271 e. The summed E-state index contributed by atoms with van der Waals surface area (Å²) in [6.07, 6.45) is 1.34. The molecule has 24 heavy (non-hydrogen) atoms. The molecule has 1 amide bonds. The summed E-state index contributed by atoms with van der Waals surface area (Å²) in [5.74, 6) is -0.691. The summed E-state index contributed by atoms with van der Waals surface area (Å²) in [7, 11) is 0. The van der Waals surface area contributed by atoms with Crippen molar-refractivity contribution in [3.05, 3.63) is 73.8 Å². The van der Waals surface area contributed by atoms with Crippen LogP contribution in [0.25, 0.3) is 6.08 Å². The molecule has 0 aliphatic rings. The highest BCUT2D eigenvalue weighted by atomic mass is 35.5. The van der Waals surface area contributed by atoms with E-state index in [0.717, 1.165) is 0 Å². The molecule has 0 radical (unpaired) electrons. The molecular formula is C16H9Cl2N3O3. The number of non-ortho nitro benzene ring substituents is 1. The maximum Gasteiger partial charge on any atom is 0.271 e. The number of nitrogens with one attached hydrogen (secondary N) is 1. The van der Waals surface area contributed by atoms with Gasteiger partial charge in [-0.3, -0.25) is 14.9 Å². The number of hydrogen-bond acceptors (Lipinski definition) is 4. The van der Waals surface area contributed by atoms with Crippen molar-refractivity contribution in [2.45, 2.75) is 0 Å². The van der Waals surface area contributed by atoms with E-state index in [4.69, 9.17) is 28.5 Å². The van der Waals surface area contributed by atoms with Crippen LogP contribution in [0.15, 0.2) is 48.0 Å². The van der Waals surface area contributed by atoms with Crippen molar-refractivity contribution in [1.29, 1.82) is 5.26 Å². The number of benzene rings is 2. The van der Waals surface area contributed by atoms with E-state index < -0.39 is 10.8 Å². The summed E-state index contributed by atoms with van der Waals surface area (Å²) in [6.45, 7) is 0. The van der Waals surface area contributed by atoms with E-state index >= 15 is 0 Å². The molecule has 6 nitrogen and oxygen atoms in total. The molecule has 2 aromatic rings. The van der Waals surface area contributed by atoms with Crippen LogP contribution < -0.4 is 5.32 Å². The zero-order valence-electron chi connectivity index (χ0n) is 12.0. The number of anilines is 1. The first-order valence-corrected chi connectivity index (χ1v) is 7.29. The molecule has 0 aliphatic carbocycles. The largest absolute Gasteiger partial charge is 0.321 e. The van der Waals surface area contributed by atoms with Gasteiger partial charge in [0.05, 0.1) is 15.0 Å². The predicted molar refractivity (Wildman–Crippen MR) is 91.8 cm³/mol. The summed E-state index contributed by atoms with van der Waals surface area (Å²) < 4.78 is 0. The summed E-state index contributed by atoms with van der Waals surface area (Å²) in [5, 5.41) is 23.0. The van der Waals surface area contributed by atoms with E-state index in [2.05, 4.69) is 5.32 Å². The van der Waals surface area contributed by atoms with Gasteiger partial charge in [-0.15, -0.1) is 0 Å². The van der Waals surface area contributed by atoms with Crippen LogP contribution in [0.2, 0.25) is 10.0 Å². The molecule has 0 saturated carbocycles. The zero-order valence-corrected chi connectivity index (χ0v) is 13.5. The first-order valence-electron chi connectivity index (χ1n) is 6.53. The van der Waals surface area contributed by atoms with Gasteiger partial charge in [-0.05, 0) is 29.8 Å². The first-order chi connectivity index (χ1) is 11.4. The normalized spacial score (nSPS) is 10.8. The Morgan fingerprint density at radius 2 is 1.96 bits per heavy atom. The fourth-order valence-corrected chi connectivity index (χ4v) is 2.12. The standard InChI is InChI=1S/C16H9Cl2N3O3/c17-14-5-4-10(7-15(14)18)6-11(9-19)16(22)20-12-2-1-3-13(8-12)21(23)24/h1-8H,(H,20,22)/b11-6+. The van der Waals surface area contributed by atoms with E-state index in [0.29, 0.717) is 15.6 Å². The number of nitro benzene ring substituents is 1. The van der Waals surface area contributed by atoms with Gasteiger partial charge in [0.25, 0.3) is 11.6 Å². The minimum atomic E-state index is -0.691. The van der Waals surface area contributed by atoms with Gasteiger partial charge in [0.15, 0.2) is 0 Å². The topological polar surface area (TPSA) is 96.0 Å². The number of nitro groups is 1. The van der Waals surface area contributed by atoms with E-state index in [1.165, 1.54) is 36.4 Å². The molecule has 0 heterocycles. The SMILES string of the molecule is N#C/C(=C\c1ccc(Cl)c(Cl)c1)C(=O)Nc1cccc([N+](=O)[O-])c1. The molecule has 0 saturated heterocycles. The fraction of sp³-hybridized carbons (Fsp3) is 0. The van der Waals surface area contributed by atoms with Crippen molar-refractivity contribution in [1.82, 2.24) is 0 Å². The van der Waals surface area contributed by atoms with Crippen molar-refractivity contribution in [3.63, 3.8) is 0 Å². The number of nitrogens with zero attached hydrogens (tertiary/aromatic N) is 2. The second kappa shape index (κ2) is 7.59. The lowest BCUT2D eigenvalue weighted by molar-refractivity contribution is -0.384. The fourth-order valence-electron chi connectivity index (χ4n) is 1.81. The monoisotopic (exact) mass is 361 g/mol. The summed E-state index contributed by atoms with van der Waals surface area (Å²) in [6, 6.07) is 11.9. The zero-order chi connectivity index (χ0) is 17.7. The molecule has 120 valence electrons. The number of carbonyl (C=O) groups is 1. The highest BCUT2D eigenvalue weighted by Crippen LogP contribution is 2.24. The highest BCUT2D eigenvalue weighted by molar-refractivity contribution is 6.42. The lowest BCUT2D eigenvalue weighted by Gasteiger charge is -2.04. The van der Waals surface area contributed by atoms with Gasteiger partial charge in [-0.1, -0.05) is 35.3 Å². The molecule has 8 heteroatoms. The van der Waals surface area contributed by atoms with Crippen LogP contribution in [-0.2, 0) is 4.79 Å². The van der Waals surface area contributed by atoms with Gasteiger partial charge in [-0.25, -0.2) is 0 Å². The molecule has 0 aromatic heterocycles. The Morgan fingerprint density at radius 1 is 1.21 bits per heavy atom. The number of nitriles is 1. The summed E-state index contributed by atoms with van der Waals surface area (Å²) in [5.41, 5.74) is 0.388. The number of carbonyl (C=O) groups excluding carboxylic acids is 1. The van der Waals surface area contributed by atoms with E-state index in [9.17, 15) is 14.9 Å². The van der Waals surface area contributed by atoms with Gasteiger partial charge in [0, 0.05) is 17.8 Å². The number of amides is 1. The molecule has 0 bridgehead atoms. The predicted octanol–water partition coefficient (Wildman–Crippen LogP) is 4.45. The lowest BCUT2D eigenvalue weighted by atomic mass is 10.1. The molecule has 0 spiro atoms. The second-order valence-corrected chi connectivity index (χ2v) is 5.42. The molecule has 1 N–H and O–H groups in total. The number of halogens is 2. The molecule has 2 aromatic carbocycles. The second-order valence-electron chi connectivity index (χ2n) is 4.60. The Balaban J connectivity index is 2.24. The Bertz CT molecular complexity index is 888. The summed E-state index contributed by atoms with van der Waals surface area (Å²) >= 11 is 11.7. The molecule has 0 atom stereocenters. The Kier molecular flexibility index (Phi) is 5.53. The van der Waals surface area contributed by atoms with Gasteiger partial charge in [0.1, 0.15) is 11.6 Å². The average Bonchev–Trinajstić information content (AvgIpc) is 2.55. The maximum atomic E-state index is 12.2. The Labute approximate surface area is 147 Å². The van der Waals surface area contributed by atoms with Crippen LogP contribution in [0.1, 0.15) is 5.56 Å². The maximum absolute atomic E-state index is 12.2. The van der Waals surface area contributed by atoms with E-state index in [-0.39, 0.29) is 16.9 Å². The Hall–Kier alpha value is -2.88. The van der Waals surface area contributed by atoms with Crippen molar-refractivity contribution in [3.8, 4) is 6.07 Å². The van der Waals surface area contributed by atoms with Crippen molar-refractivity contribution >= 4 is 46.6 Å². The molecule has 0 aliphatic heterocycles. The molecule has 0 fully saturated rings. The highest BCUT2D eigenvalue weighted by Gasteiger charge is 2.12. The van der Waals surface area contributed by atoms with Crippen LogP contribution in [0.3, 0.4) is 0 Å². The third-order valence-corrected chi connectivity index (χ3v) is 3.67. The number of hydrogen-bond donors (Lipinski definition) is 1. The van der Waals surface area contributed by atoms with Crippen LogP contribution >= 0.6 is 23.2 Å². The van der Waals surface area contributed by atoms with Gasteiger partial charge < -0.3 is 5.32 Å². The molecule has 2 rings (SSSR count). The van der Waals surface area contributed by atoms with Gasteiger partial charge in [-0.2, -0.15) is 5.26 Å². The van der Waals surface area contributed by atoms with Crippen LogP contribution in [0.5, 0.6) is 0 Å². The summed E-state index contributed by atoms with van der Waals surface area (Å²) in [4.78, 5) is 22.3. The first kappa shape index (κ1) is 17.5. The number of rotatable bonds is 4. The van der Waals surface area contributed by atoms with Crippen molar-refractivity contribution in [2.75, 3.05) is 5.32 Å². The molecular weight excluding hydrogens is 353 g/mol. The van der Waals surface area contributed by atoms with Crippen LogP contribution in [0, 0.1) is 21.4 Å².